The van der Waals surface area contributed by atoms with Gasteiger partial charge in [0.1, 0.15) is 16.0 Å². The first-order chi connectivity index (χ1) is 27.8. The normalized spacial score (nSPS) is 12.3. The maximum absolute atomic E-state index is 5.75. The second kappa shape index (κ2) is 11.2. The van der Waals surface area contributed by atoms with Gasteiger partial charge in [-0.05, 0) is 89.6 Å². The van der Waals surface area contributed by atoms with E-state index in [1.807, 2.05) is 0 Å². The Morgan fingerprint density at radius 3 is 1.68 bits per heavy atom. The Morgan fingerprint density at radius 1 is 0.375 bits per heavy atom. The summed E-state index contributed by atoms with van der Waals surface area (Å²) in [5.74, 6) is 0.834. The molecular weight excluding hydrogens is 699 g/mol. The number of hydrogen-bond acceptors (Lipinski definition) is 3. The molecule has 0 radical (unpaired) electrons. The third-order valence-electron chi connectivity index (χ3n) is 11.9. The summed E-state index contributed by atoms with van der Waals surface area (Å²) in [6.45, 7) is 0. The van der Waals surface area contributed by atoms with Crippen molar-refractivity contribution in [3.8, 4) is 17.1 Å². The van der Waals surface area contributed by atoms with E-state index in [4.69, 9.17) is 9.97 Å². The molecule has 13 aromatic rings. The number of nitrogens with zero attached hydrogens (tertiary/aromatic N) is 3. The predicted molar refractivity (Wildman–Crippen MR) is 240 cm³/mol. The average molecular weight is 728 g/mol. The first-order valence-electron chi connectivity index (χ1n) is 19.1. The van der Waals surface area contributed by atoms with Gasteiger partial charge in [0.25, 0.3) is 0 Å². The van der Waals surface area contributed by atoms with Crippen LogP contribution in [-0.4, -0.2) is 14.5 Å². The highest BCUT2D eigenvalue weighted by atomic mass is 32.1. The maximum Gasteiger partial charge on any atom is 0.165 e. The van der Waals surface area contributed by atoms with Gasteiger partial charge in [0.2, 0.25) is 0 Å². The Hall–Kier alpha value is -7.14. The number of aromatic nitrogens is 3. The molecule has 0 N–H and O–H groups in total. The molecule has 3 heterocycles. The molecule has 0 unspecified atom stereocenters. The van der Waals surface area contributed by atoms with Crippen LogP contribution in [0.1, 0.15) is 0 Å². The van der Waals surface area contributed by atoms with Gasteiger partial charge in [-0.2, -0.15) is 0 Å². The summed E-state index contributed by atoms with van der Waals surface area (Å²) in [6, 6.07) is 64.2. The van der Waals surface area contributed by atoms with E-state index < -0.39 is 0 Å². The molecule has 0 fully saturated rings. The SMILES string of the molecule is c1ccc2cc3c(cc2c1)c1c2c4ccccc4c4ccccc4c2ccc1n3-c1nc2c(nc1-c1cc3ccccc3c3ccccc13)sc1ccccc12. The zero-order valence-electron chi connectivity index (χ0n) is 30.0. The Kier molecular flexibility index (Phi) is 6.04. The number of fused-ring (bicyclic) bond motifs is 17. The lowest BCUT2D eigenvalue weighted by molar-refractivity contribution is 1.09. The number of thiophene rings is 1. The lowest BCUT2D eigenvalue weighted by Gasteiger charge is -2.16. The third kappa shape index (κ3) is 4.06. The van der Waals surface area contributed by atoms with Crippen LogP contribution in [0, 0.1) is 0 Å². The van der Waals surface area contributed by atoms with Crippen molar-refractivity contribution in [1.29, 1.82) is 0 Å². The molecule has 258 valence electrons. The Morgan fingerprint density at radius 2 is 0.929 bits per heavy atom. The summed E-state index contributed by atoms with van der Waals surface area (Å²) >= 11 is 1.72. The summed E-state index contributed by atoms with van der Waals surface area (Å²) in [5.41, 5.74) is 5.11. The first-order valence-corrected chi connectivity index (χ1v) is 19.9. The molecule has 4 heteroatoms. The van der Waals surface area contributed by atoms with Gasteiger partial charge >= 0.3 is 0 Å². The fourth-order valence-electron chi connectivity index (χ4n) is 9.52. The third-order valence-corrected chi connectivity index (χ3v) is 13.0. The minimum atomic E-state index is 0.834. The fraction of sp³-hybridized carbons (Fsp3) is 0. The maximum atomic E-state index is 5.75. The molecule has 0 amide bonds. The van der Waals surface area contributed by atoms with Crippen molar-refractivity contribution in [2.45, 2.75) is 0 Å². The molecule has 13 rings (SSSR count). The van der Waals surface area contributed by atoms with Crippen LogP contribution in [0.4, 0.5) is 0 Å². The second-order valence-corrected chi connectivity index (χ2v) is 15.9. The van der Waals surface area contributed by atoms with Crippen LogP contribution in [-0.2, 0) is 0 Å². The van der Waals surface area contributed by atoms with Gasteiger partial charge in [-0.15, -0.1) is 11.3 Å². The molecule has 3 nitrogen and oxygen atoms in total. The summed E-state index contributed by atoms with van der Waals surface area (Å²) < 4.78 is 3.60. The Balaban J connectivity index is 1.28. The topological polar surface area (TPSA) is 30.7 Å². The van der Waals surface area contributed by atoms with E-state index in [0.29, 0.717) is 0 Å². The highest BCUT2D eigenvalue weighted by Crippen LogP contribution is 2.46. The van der Waals surface area contributed by atoms with Crippen LogP contribution in [0.3, 0.4) is 0 Å². The predicted octanol–water partition coefficient (Wildman–Crippen LogP) is 14.5. The standard InChI is InChI=1S/C52H29N3S/c1-2-14-31-29-45-43(27-30(31)13-1)48-44(26-25-40-37-20-7-6-18-35(37)36-19-9-10-22-39(36)47(40)48)55(45)51-49(54-52-50(53-51)41-23-11-12-24-46(41)56-52)42-28-32-15-3-4-16-33(32)34-17-5-8-21-38(34)42/h1-29H. The summed E-state index contributed by atoms with van der Waals surface area (Å²) in [6.07, 6.45) is 0. The number of benzene rings is 10. The quantitative estimate of drug-likeness (QED) is 0.166. The molecule has 0 aliphatic rings. The van der Waals surface area contributed by atoms with Crippen molar-refractivity contribution >= 4 is 118 Å². The molecule has 0 spiro atoms. The van der Waals surface area contributed by atoms with E-state index in [1.165, 1.54) is 74.7 Å². The van der Waals surface area contributed by atoms with Crippen LogP contribution in [0.15, 0.2) is 176 Å². The lowest BCUT2D eigenvalue weighted by Crippen LogP contribution is -2.03. The Bertz CT molecular complexity index is 3800. The summed E-state index contributed by atoms with van der Waals surface area (Å²) in [7, 11) is 0. The lowest BCUT2D eigenvalue weighted by atomic mass is 9.91. The van der Waals surface area contributed by atoms with Crippen molar-refractivity contribution in [3.05, 3.63) is 176 Å². The molecular formula is C52H29N3S. The Labute approximate surface area is 324 Å². The largest absolute Gasteiger partial charge is 0.292 e. The fourth-order valence-corrected chi connectivity index (χ4v) is 10.5. The zero-order valence-corrected chi connectivity index (χ0v) is 30.8. The van der Waals surface area contributed by atoms with Crippen molar-refractivity contribution in [2.75, 3.05) is 0 Å². The zero-order chi connectivity index (χ0) is 36.5. The van der Waals surface area contributed by atoms with Crippen LogP contribution < -0.4 is 0 Å². The highest BCUT2D eigenvalue weighted by molar-refractivity contribution is 7.25. The molecule has 10 aromatic carbocycles. The molecule has 0 atom stereocenters. The summed E-state index contributed by atoms with van der Waals surface area (Å²) in [4.78, 5) is 12.4. The monoisotopic (exact) mass is 727 g/mol. The molecule has 0 saturated carbocycles. The molecule has 0 aliphatic heterocycles. The summed E-state index contributed by atoms with van der Waals surface area (Å²) in [5, 5.41) is 18.3. The van der Waals surface area contributed by atoms with Crippen LogP contribution >= 0.6 is 11.3 Å². The van der Waals surface area contributed by atoms with Gasteiger partial charge in [0, 0.05) is 31.8 Å². The highest BCUT2D eigenvalue weighted by Gasteiger charge is 2.25. The smallest absolute Gasteiger partial charge is 0.165 e. The van der Waals surface area contributed by atoms with Gasteiger partial charge in [0.05, 0.1) is 11.0 Å². The van der Waals surface area contributed by atoms with Gasteiger partial charge in [0.15, 0.2) is 5.82 Å². The minimum absolute atomic E-state index is 0.834. The van der Waals surface area contributed by atoms with Crippen molar-refractivity contribution in [3.63, 3.8) is 0 Å². The van der Waals surface area contributed by atoms with Gasteiger partial charge in [-0.3, -0.25) is 4.57 Å². The van der Waals surface area contributed by atoms with Crippen molar-refractivity contribution < 1.29 is 0 Å². The molecule has 56 heavy (non-hydrogen) atoms. The van der Waals surface area contributed by atoms with E-state index in [1.54, 1.807) is 11.3 Å². The van der Waals surface area contributed by atoms with Crippen molar-refractivity contribution in [1.82, 2.24) is 14.5 Å². The average Bonchev–Trinajstić information content (AvgIpc) is 3.79. The minimum Gasteiger partial charge on any atom is -0.292 e. The van der Waals surface area contributed by atoms with Crippen LogP contribution in [0.5, 0.6) is 0 Å². The molecule has 0 aliphatic carbocycles. The molecule has 3 aromatic heterocycles. The van der Waals surface area contributed by atoms with E-state index in [0.717, 1.165) is 49.2 Å². The van der Waals surface area contributed by atoms with Gasteiger partial charge < -0.3 is 0 Å². The number of hydrogen-bond donors (Lipinski definition) is 0. The van der Waals surface area contributed by atoms with Crippen LogP contribution in [0.2, 0.25) is 0 Å². The first kappa shape index (κ1) is 30.2. The molecule has 0 saturated heterocycles. The van der Waals surface area contributed by atoms with E-state index >= 15 is 0 Å². The van der Waals surface area contributed by atoms with E-state index in [2.05, 4.69) is 180 Å². The van der Waals surface area contributed by atoms with Crippen LogP contribution in [0.25, 0.3) is 124 Å². The van der Waals surface area contributed by atoms with Gasteiger partial charge in [-0.1, -0.05) is 146 Å². The second-order valence-electron chi connectivity index (χ2n) is 14.9. The van der Waals surface area contributed by atoms with E-state index in [9.17, 15) is 0 Å². The van der Waals surface area contributed by atoms with Crippen molar-refractivity contribution in [2.24, 2.45) is 0 Å². The van der Waals surface area contributed by atoms with E-state index in [-0.39, 0.29) is 0 Å². The number of rotatable bonds is 2. The van der Waals surface area contributed by atoms with Gasteiger partial charge in [-0.25, -0.2) is 9.97 Å². The molecule has 0 bridgehead atoms.